The van der Waals surface area contributed by atoms with Gasteiger partial charge in [0, 0.05) is 30.9 Å². The minimum atomic E-state index is 0.259. The molecule has 100 valence electrons. The molecule has 0 fully saturated rings. The van der Waals surface area contributed by atoms with Crippen LogP contribution in [0.25, 0.3) is 0 Å². The number of anilines is 1. The summed E-state index contributed by atoms with van der Waals surface area (Å²) >= 11 is 0. The highest BCUT2D eigenvalue weighted by Gasteiger charge is 2.17. The number of hydrogen-bond donors (Lipinski definition) is 1. The van der Waals surface area contributed by atoms with Crippen molar-refractivity contribution >= 4 is 5.69 Å². The van der Waals surface area contributed by atoms with E-state index in [4.69, 9.17) is 0 Å². The van der Waals surface area contributed by atoms with Crippen molar-refractivity contribution in [1.29, 1.82) is 0 Å². The zero-order valence-corrected chi connectivity index (χ0v) is 12.0. The Labute approximate surface area is 111 Å². The highest BCUT2D eigenvalue weighted by molar-refractivity contribution is 5.55. The van der Waals surface area contributed by atoms with Crippen LogP contribution < -0.4 is 10.2 Å². The Hall–Kier alpha value is -1.02. The van der Waals surface area contributed by atoms with E-state index in [1.165, 1.54) is 37.1 Å². The van der Waals surface area contributed by atoms with Crippen molar-refractivity contribution in [1.82, 2.24) is 5.32 Å². The molecule has 1 aliphatic heterocycles. The average molecular weight is 246 g/mol. The van der Waals surface area contributed by atoms with Gasteiger partial charge in [0.2, 0.25) is 0 Å². The first-order valence-electron chi connectivity index (χ1n) is 7.20. The lowest BCUT2D eigenvalue weighted by molar-refractivity contribution is 0.379. The zero-order chi connectivity index (χ0) is 13.0. The van der Waals surface area contributed by atoms with E-state index in [9.17, 15) is 0 Å². The van der Waals surface area contributed by atoms with Gasteiger partial charge in [-0.3, -0.25) is 0 Å². The molecule has 2 rings (SSSR count). The molecule has 18 heavy (non-hydrogen) atoms. The number of nitrogens with zero attached hydrogens (tertiary/aromatic N) is 1. The number of hydrogen-bond acceptors (Lipinski definition) is 2. The van der Waals surface area contributed by atoms with Crippen LogP contribution in [0.3, 0.4) is 0 Å². The second-order valence-electron chi connectivity index (χ2n) is 5.88. The van der Waals surface area contributed by atoms with E-state index >= 15 is 0 Å². The standard InChI is InChI=1S/C16H26N2/c1-4-16(2,3)17-11-13-18-12-7-9-14-8-5-6-10-15(14)18/h5-6,8,10,17H,4,7,9,11-13H2,1-3H3. The first-order valence-corrected chi connectivity index (χ1v) is 7.20. The normalized spacial score (nSPS) is 15.6. The fraction of sp³-hybridized carbons (Fsp3) is 0.625. The number of nitrogens with one attached hydrogen (secondary N) is 1. The summed E-state index contributed by atoms with van der Waals surface area (Å²) in [5.41, 5.74) is 3.22. The van der Waals surface area contributed by atoms with Crippen LogP contribution in [0.4, 0.5) is 5.69 Å². The summed E-state index contributed by atoms with van der Waals surface area (Å²) in [6.07, 6.45) is 3.69. The van der Waals surface area contributed by atoms with Crippen LogP contribution in [0, 0.1) is 0 Å². The highest BCUT2D eigenvalue weighted by Crippen LogP contribution is 2.26. The summed E-state index contributed by atoms with van der Waals surface area (Å²) in [4.78, 5) is 2.53. The summed E-state index contributed by atoms with van der Waals surface area (Å²) in [5.74, 6) is 0. The molecule has 1 heterocycles. The van der Waals surface area contributed by atoms with Crippen molar-refractivity contribution in [3.8, 4) is 0 Å². The largest absolute Gasteiger partial charge is 0.370 e. The molecule has 2 nitrogen and oxygen atoms in total. The number of benzene rings is 1. The predicted octanol–water partition coefficient (Wildman–Crippen LogP) is 3.22. The molecule has 1 N–H and O–H groups in total. The summed E-state index contributed by atoms with van der Waals surface area (Å²) in [6.45, 7) is 10.2. The maximum atomic E-state index is 3.65. The first kappa shape index (κ1) is 13.4. The summed E-state index contributed by atoms with van der Waals surface area (Å²) in [7, 11) is 0. The Morgan fingerprint density at radius 2 is 2.06 bits per heavy atom. The molecule has 1 aliphatic rings. The molecule has 0 atom stereocenters. The number of rotatable bonds is 5. The van der Waals surface area contributed by atoms with Gasteiger partial charge in [-0.1, -0.05) is 25.1 Å². The van der Waals surface area contributed by atoms with E-state index in [0.717, 1.165) is 13.1 Å². The maximum absolute atomic E-state index is 3.65. The number of para-hydroxylation sites is 1. The van der Waals surface area contributed by atoms with Gasteiger partial charge in [-0.2, -0.15) is 0 Å². The number of aryl methyl sites for hydroxylation is 1. The van der Waals surface area contributed by atoms with Crippen LogP contribution in [0.2, 0.25) is 0 Å². The van der Waals surface area contributed by atoms with Gasteiger partial charge < -0.3 is 10.2 Å². The van der Waals surface area contributed by atoms with E-state index < -0.39 is 0 Å². The molecule has 0 spiro atoms. The predicted molar refractivity (Wildman–Crippen MR) is 79.3 cm³/mol. The first-order chi connectivity index (χ1) is 8.62. The molecule has 1 aromatic carbocycles. The smallest absolute Gasteiger partial charge is 0.0399 e. The van der Waals surface area contributed by atoms with E-state index in [2.05, 4.69) is 55.3 Å². The second kappa shape index (κ2) is 5.75. The van der Waals surface area contributed by atoms with Crippen LogP contribution in [-0.4, -0.2) is 25.2 Å². The lowest BCUT2D eigenvalue weighted by Crippen LogP contribution is -2.44. The highest BCUT2D eigenvalue weighted by atomic mass is 15.2. The van der Waals surface area contributed by atoms with Gasteiger partial charge in [0.25, 0.3) is 0 Å². The van der Waals surface area contributed by atoms with Gasteiger partial charge in [-0.15, -0.1) is 0 Å². The minimum absolute atomic E-state index is 0.259. The monoisotopic (exact) mass is 246 g/mol. The second-order valence-corrected chi connectivity index (χ2v) is 5.88. The SMILES string of the molecule is CCC(C)(C)NCCN1CCCc2ccccc21. The average Bonchev–Trinajstić information content (AvgIpc) is 2.39. The number of fused-ring (bicyclic) bond motifs is 1. The van der Waals surface area contributed by atoms with Crippen molar-refractivity contribution in [3.05, 3.63) is 29.8 Å². The Kier molecular flexibility index (Phi) is 4.28. The quantitative estimate of drug-likeness (QED) is 0.858. The summed E-state index contributed by atoms with van der Waals surface area (Å²) in [5, 5.41) is 3.65. The van der Waals surface area contributed by atoms with Crippen molar-refractivity contribution in [2.45, 2.75) is 45.6 Å². The molecule has 0 aromatic heterocycles. The molecule has 0 radical (unpaired) electrons. The third-order valence-electron chi connectivity index (χ3n) is 4.08. The lowest BCUT2D eigenvalue weighted by atomic mass is 10.0. The summed E-state index contributed by atoms with van der Waals surface area (Å²) < 4.78 is 0. The van der Waals surface area contributed by atoms with Crippen LogP contribution >= 0.6 is 0 Å². The Bertz CT molecular complexity index is 384. The van der Waals surface area contributed by atoms with Gasteiger partial charge in [0.05, 0.1) is 0 Å². The van der Waals surface area contributed by atoms with Gasteiger partial charge in [-0.25, -0.2) is 0 Å². The lowest BCUT2D eigenvalue weighted by Gasteiger charge is -2.33. The molecule has 0 saturated heterocycles. The topological polar surface area (TPSA) is 15.3 Å². The van der Waals surface area contributed by atoms with Crippen LogP contribution in [-0.2, 0) is 6.42 Å². The van der Waals surface area contributed by atoms with Gasteiger partial charge in [0.15, 0.2) is 0 Å². The maximum Gasteiger partial charge on any atom is 0.0399 e. The van der Waals surface area contributed by atoms with E-state index in [0.29, 0.717) is 0 Å². The van der Waals surface area contributed by atoms with Crippen molar-refractivity contribution < 1.29 is 0 Å². The van der Waals surface area contributed by atoms with Gasteiger partial charge in [-0.05, 0) is 44.7 Å². The summed E-state index contributed by atoms with van der Waals surface area (Å²) in [6, 6.07) is 8.84. The molecule has 2 heteroatoms. The third-order valence-corrected chi connectivity index (χ3v) is 4.08. The van der Waals surface area contributed by atoms with Gasteiger partial charge >= 0.3 is 0 Å². The molecule has 0 amide bonds. The molecular formula is C16H26N2. The fourth-order valence-electron chi connectivity index (χ4n) is 2.50. The van der Waals surface area contributed by atoms with Gasteiger partial charge in [0.1, 0.15) is 0 Å². The minimum Gasteiger partial charge on any atom is -0.370 e. The molecule has 0 unspecified atom stereocenters. The van der Waals surface area contributed by atoms with E-state index in [1.54, 1.807) is 0 Å². The third kappa shape index (κ3) is 3.26. The Balaban J connectivity index is 1.92. The molecule has 0 bridgehead atoms. The zero-order valence-electron chi connectivity index (χ0n) is 12.0. The van der Waals surface area contributed by atoms with E-state index in [-0.39, 0.29) is 5.54 Å². The van der Waals surface area contributed by atoms with Crippen LogP contribution in [0.5, 0.6) is 0 Å². The molecule has 1 aromatic rings. The fourth-order valence-corrected chi connectivity index (χ4v) is 2.50. The molecule has 0 aliphatic carbocycles. The van der Waals surface area contributed by atoms with Crippen molar-refractivity contribution in [3.63, 3.8) is 0 Å². The Morgan fingerprint density at radius 1 is 1.28 bits per heavy atom. The van der Waals surface area contributed by atoms with E-state index in [1.807, 2.05) is 0 Å². The van der Waals surface area contributed by atoms with Crippen LogP contribution in [0.1, 0.15) is 39.2 Å². The van der Waals surface area contributed by atoms with Crippen molar-refractivity contribution in [2.75, 3.05) is 24.5 Å². The molecule has 0 saturated carbocycles. The van der Waals surface area contributed by atoms with Crippen molar-refractivity contribution in [2.24, 2.45) is 0 Å². The Morgan fingerprint density at radius 3 is 2.83 bits per heavy atom. The molecular weight excluding hydrogens is 220 g/mol. The van der Waals surface area contributed by atoms with Crippen LogP contribution in [0.15, 0.2) is 24.3 Å².